The zero-order valence-electron chi connectivity index (χ0n) is 12.5. The third kappa shape index (κ3) is 3.72. The zero-order chi connectivity index (χ0) is 15.6. The Bertz CT molecular complexity index is 589. The van der Waals surface area contributed by atoms with Crippen LogP contribution in [-0.4, -0.2) is 38.3 Å². The summed E-state index contributed by atoms with van der Waals surface area (Å²) in [5.41, 5.74) is 6.92. The van der Waals surface area contributed by atoms with Crippen LogP contribution in [0.25, 0.3) is 0 Å². The van der Waals surface area contributed by atoms with Crippen LogP contribution in [-0.2, 0) is 9.84 Å². The normalized spacial score (nSPS) is 12.2. The summed E-state index contributed by atoms with van der Waals surface area (Å²) in [4.78, 5) is 1.82. The van der Waals surface area contributed by atoms with Gasteiger partial charge in [-0.1, -0.05) is 12.1 Å². The molecule has 0 bridgehead atoms. The largest absolute Gasteiger partial charge is 0.384 e. The lowest BCUT2D eigenvalue weighted by Crippen LogP contribution is -2.35. The van der Waals surface area contributed by atoms with E-state index in [1.54, 1.807) is 40.0 Å². The molecule has 0 saturated carbocycles. The van der Waals surface area contributed by atoms with E-state index in [0.29, 0.717) is 12.1 Å². The minimum atomic E-state index is -3.16. The lowest BCUT2D eigenvalue weighted by Gasteiger charge is -2.25. The molecule has 0 radical (unpaired) electrons. The number of para-hydroxylation sites is 1. The van der Waals surface area contributed by atoms with Crippen LogP contribution in [0.3, 0.4) is 0 Å². The molecule has 0 fully saturated rings. The van der Waals surface area contributed by atoms with Crippen LogP contribution in [0.2, 0.25) is 0 Å². The highest BCUT2D eigenvalue weighted by Gasteiger charge is 2.28. The zero-order valence-corrected chi connectivity index (χ0v) is 13.3. The maximum Gasteiger partial charge on any atom is 0.156 e. The lowest BCUT2D eigenvalue weighted by molar-refractivity contribution is 0.559. The molecule has 5 nitrogen and oxygen atoms in total. The lowest BCUT2D eigenvalue weighted by atomic mass is 10.1. The van der Waals surface area contributed by atoms with E-state index in [1.807, 2.05) is 17.0 Å². The van der Waals surface area contributed by atoms with Crippen LogP contribution in [0.1, 0.15) is 26.3 Å². The fourth-order valence-electron chi connectivity index (χ4n) is 1.72. The van der Waals surface area contributed by atoms with Gasteiger partial charge in [-0.15, -0.1) is 0 Å². The van der Waals surface area contributed by atoms with Gasteiger partial charge in [-0.2, -0.15) is 0 Å². The molecule has 0 spiro atoms. The first-order valence-electron chi connectivity index (χ1n) is 6.43. The Hall–Kier alpha value is -1.56. The van der Waals surface area contributed by atoms with Crippen molar-refractivity contribution >= 4 is 21.4 Å². The molecule has 0 aliphatic heterocycles. The average molecular weight is 297 g/mol. The second-order valence-electron chi connectivity index (χ2n) is 5.78. The molecule has 20 heavy (non-hydrogen) atoms. The van der Waals surface area contributed by atoms with E-state index in [2.05, 4.69) is 0 Å². The van der Waals surface area contributed by atoms with Crippen LogP contribution < -0.4 is 10.6 Å². The predicted molar refractivity (Wildman–Crippen MR) is 84.3 cm³/mol. The van der Waals surface area contributed by atoms with Crippen molar-refractivity contribution in [1.29, 1.82) is 5.41 Å². The molecule has 112 valence electrons. The number of nitrogens with one attached hydrogen (secondary N) is 1. The van der Waals surface area contributed by atoms with Crippen molar-refractivity contribution in [2.24, 2.45) is 5.73 Å². The molecule has 0 saturated heterocycles. The molecule has 1 rings (SSSR count). The molecule has 0 unspecified atom stereocenters. The molecule has 0 aliphatic carbocycles. The van der Waals surface area contributed by atoms with E-state index in [4.69, 9.17) is 11.1 Å². The maximum absolute atomic E-state index is 12.1. The Labute approximate surface area is 121 Å². The van der Waals surface area contributed by atoms with Gasteiger partial charge in [0, 0.05) is 24.8 Å². The quantitative estimate of drug-likeness (QED) is 0.638. The molecular formula is C14H23N3O2S. The molecule has 3 N–H and O–H groups in total. The van der Waals surface area contributed by atoms with Gasteiger partial charge >= 0.3 is 0 Å². The number of benzene rings is 1. The summed E-state index contributed by atoms with van der Waals surface area (Å²) in [5, 5.41) is 7.56. The molecule has 1 aromatic carbocycles. The first kappa shape index (κ1) is 16.5. The first-order valence-corrected chi connectivity index (χ1v) is 8.08. The van der Waals surface area contributed by atoms with Gasteiger partial charge < -0.3 is 10.6 Å². The third-order valence-corrected chi connectivity index (χ3v) is 5.82. The van der Waals surface area contributed by atoms with Gasteiger partial charge in [0.1, 0.15) is 5.84 Å². The molecule has 6 heteroatoms. The first-order chi connectivity index (χ1) is 9.06. The van der Waals surface area contributed by atoms with Crippen LogP contribution in [0, 0.1) is 5.41 Å². The predicted octanol–water partition coefficient (Wildman–Crippen LogP) is 1.62. The second kappa shape index (κ2) is 5.83. The summed E-state index contributed by atoms with van der Waals surface area (Å²) in [7, 11) is -1.35. The minimum absolute atomic E-state index is 0.0221. The van der Waals surface area contributed by atoms with Gasteiger partial charge in [-0.3, -0.25) is 5.41 Å². The van der Waals surface area contributed by atoms with E-state index in [0.717, 1.165) is 5.69 Å². The topological polar surface area (TPSA) is 87.2 Å². The number of anilines is 1. The van der Waals surface area contributed by atoms with Crippen LogP contribution >= 0.6 is 0 Å². The number of hydrogen-bond acceptors (Lipinski definition) is 4. The highest BCUT2D eigenvalue weighted by molar-refractivity contribution is 7.92. The fourth-order valence-corrected chi connectivity index (χ4v) is 2.84. The Balaban J connectivity index is 2.89. The van der Waals surface area contributed by atoms with Crippen LogP contribution in [0.15, 0.2) is 24.3 Å². The smallest absolute Gasteiger partial charge is 0.156 e. The number of nitrogen functional groups attached to an aromatic ring is 1. The van der Waals surface area contributed by atoms with E-state index < -0.39 is 14.6 Å². The van der Waals surface area contributed by atoms with Crippen LogP contribution in [0.5, 0.6) is 0 Å². The van der Waals surface area contributed by atoms with Gasteiger partial charge in [0.2, 0.25) is 0 Å². The number of nitrogens with two attached hydrogens (primary N) is 1. The van der Waals surface area contributed by atoms with Crippen molar-refractivity contribution in [2.45, 2.75) is 25.5 Å². The van der Waals surface area contributed by atoms with Crippen molar-refractivity contribution in [3.05, 3.63) is 29.8 Å². The Morgan fingerprint density at radius 3 is 2.35 bits per heavy atom. The summed E-state index contributed by atoms with van der Waals surface area (Å²) < 4.78 is 23.5. The van der Waals surface area contributed by atoms with Crippen molar-refractivity contribution in [2.75, 3.05) is 24.2 Å². The standard InChI is InChI=1S/C14H23N3O2S/c1-14(2,3)20(18,19)10-9-17(4)12-8-6-5-7-11(12)13(15)16/h5-8H,9-10H2,1-4H3,(H3,15,16). The fraction of sp³-hybridized carbons (Fsp3) is 0.500. The van der Waals surface area contributed by atoms with Crippen molar-refractivity contribution in [3.8, 4) is 0 Å². The second-order valence-corrected chi connectivity index (χ2v) is 8.65. The molecule has 0 aliphatic rings. The molecule has 0 heterocycles. The summed E-state index contributed by atoms with van der Waals surface area (Å²) in [5.74, 6) is 0.0466. The van der Waals surface area contributed by atoms with Crippen molar-refractivity contribution < 1.29 is 8.42 Å². The highest BCUT2D eigenvalue weighted by Crippen LogP contribution is 2.20. The molecular weight excluding hydrogens is 274 g/mol. The Kier molecular flexibility index (Phi) is 4.81. The summed E-state index contributed by atoms with van der Waals surface area (Å²) in [6.07, 6.45) is 0. The van der Waals surface area contributed by atoms with Gasteiger partial charge in [0.25, 0.3) is 0 Å². The van der Waals surface area contributed by atoms with Crippen LogP contribution in [0.4, 0.5) is 5.69 Å². The van der Waals surface area contributed by atoms with E-state index in [9.17, 15) is 8.42 Å². The molecule has 1 aromatic rings. The van der Waals surface area contributed by atoms with Gasteiger partial charge in [-0.05, 0) is 32.9 Å². The number of amidine groups is 1. The SMILES string of the molecule is CN(CCS(=O)(=O)C(C)(C)C)c1ccccc1C(=N)N. The van der Waals surface area contributed by atoms with Gasteiger partial charge in [0.15, 0.2) is 9.84 Å². The van der Waals surface area contributed by atoms with E-state index in [-0.39, 0.29) is 11.6 Å². The van der Waals surface area contributed by atoms with Crippen molar-refractivity contribution in [1.82, 2.24) is 0 Å². The Morgan fingerprint density at radius 2 is 1.85 bits per heavy atom. The molecule has 0 aromatic heterocycles. The summed E-state index contributed by atoms with van der Waals surface area (Å²) in [6.45, 7) is 5.47. The van der Waals surface area contributed by atoms with Gasteiger partial charge in [0.05, 0.1) is 10.5 Å². The third-order valence-electron chi connectivity index (χ3n) is 3.23. The maximum atomic E-state index is 12.1. The Morgan fingerprint density at radius 1 is 1.30 bits per heavy atom. The number of hydrogen-bond donors (Lipinski definition) is 2. The van der Waals surface area contributed by atoms with Crippen molar-refractivity contribution in [3.63, 3.8) is 0 Å². The van der Waals surface area contributed by atoms with E-state index in [1.165, 1.54) is 0 Å². The minimum Gasteiger partial charge on any atom is -0.384 e. The van der Waals surface area contributed by atoms with E-state index >= 15 is 0 Å². The average Bonchev–Trinajstić information content (AvgIpc) is 2.34. The summed E-state index contributed by atoms with van der Waals surface area (Å²) >= 11 is 0. The number of rotatable bonds is 5. The number of nitrogens with zero attached hydrogens (tertiary/aromatic N) is 1. The monoisotopic (exact) mass is 297 g/mol. The molecule has 0 amide bonds. The number of sulfone groups is 1. The molecule has 0 atom stereocenters. The van der Waals surface area contributed by atoms with Gasteiger partial charge in [-0.25, -0.2) is 8.42 Å². The highest BCUT2D eigenvalue weighted by atomic mass is 32.2. The summed E-state index contributed by atoms with van der Waals surface area (Å²) in [6, 6.07) is 7.24.